The normalized spacial score (nSPS) is 7.00. The highest BCUT2D eigenvalue weighted by molar-refractivity contribution is 7.99. The van der Waals surface area contributed by atoms with E-state index in [2.05, 4.69) is 13.2 Å². The first kappa shape index (κ1) is 10.9. The summed E-state index contributed by atoms with van der Waals surface area (Å²) in [5.74, 6) is 2.07. The van der Waals surface area contributed by atoms with Gasteiger partial charge in [0.25, 0.3) is 0 Å². The van der Waals surface area contributed by atoms with Crippen LogP contribution in [0.4, 0.5) is 0 Å². The Hall–Kier alpha value is 0.0469. The molecule has 0 nitrogen and oxygen atoms in total. The van der Waals surface area contributed by atoms with Crippen molar-refractivity contribution < 1.29 is 0 Å². The van der Waals surface area contributed by atoms with Crippen molar-refractivity contribution in [1.82, 2.24) is 0 Å². The Labute approximate surface area is 60.1 Å². The summed E-state index contributed by atoms with van der Waals surface area (Å²) >= 11 is 1.82. The molecule has 0 atom stereocenters. The Morgan fingerprint density at radius 1 is 1.12 bits per heavy atom. The van der Waals surface area contributed by atoms with Crippen molar-refractivity contribution >= 4 is 22.7 Å². The maximum atomic E-state index is 3.58. The highest BCUT2D eigenvalue weighted by Crippen LogP contribution is 1.97. The maximum absolute atomic E-state index is 3.58. The maximum Gasteiger partial charge on any atom is 0.0113 e. The molecule has 0 aromatic carbocycles. The summed E-state index contributed by atoms with van der Waals surface area (Å²) in [7, 11) is 0. The summed E-state index contributed by atoms with van der Waals surface area (Å²) in [6, 6.07) is 0. The van der Waals surface area contributed by atoms with Crippen LogP contribution >= 0.6 is 11.8 Å². The molecule has 2 heteroatoms. The quantitative estimate of drug-likeness (QED) is 0.319. The highest BCUT2D eigenvalue weighted by Gasteiger charge is 1.73. The third kappa shape index (κ3) is 9.40. The SMILES string of the molecule is C=CCSCC=C.[SiH4]. The molecule has 0 aromatic rings. The van der Waals surface area contributed by atoms with Gasteiger partial charge in [-0.3, -0.25) is 0 Å². The summed E-state index contributed by atoms with van der Waals surface area (Å²) in [5.41, 5.74) is 0. The topological polar surface area (TPSA) is 0 Å². The highest BCUT2D eigenvalue weighted by atomic mass is 32.2. The van der Waals surface area contributed by atoms with Crippen LogP contribution < -0.4 is 0 Å². The second kappa shape index (κ2) is 10.1. The molecule has 8 heavy (non-hydrogen) atoms. The zero-order chi connectivity index (χ0) is 5.54. The predicted octanol–water partition coefficient (Wildman–Crippen LogP) is 0.640. The molecule has 48 valence electrons. The van der Waals surface area contributed by atoms with E-state index in [-0.39, 0.29) is 11.0 Å². The minimum absolute atomic E-state index is 0. The lowest BCUT2D eigenvalue weighted by Crippen LogP contribution is -1.69. The summed E-state index contributed by atoms with van der Waals surface area (Å²) in [5, 5.41) is 0. The Morgan fingerprint density at radius 2 is 1.50 bits per heavy atom. The molecular formula is C6H14SSi. The van der Waals surface area contributed by atoms with E-state index in [4.69, 9.17) is 0 Å². The lowest BCUT2D eigenvalue weighted by molar-refractivity contribution is 1.74. The van der Waals surface area contributed by atoms with Crippen LogP contribution in [0.15, 0.2) is 25.3 Å². The van der Waals surface area contributed by atoms with Crippen LogP contribution in [0.25, 0.3) is 0 Å². The van der Waals surface area contributed by atoms with Crippen LogP contribution in [0.2, 0.25) is 0 Å². The fourth-order valence-corrected chi connectivity index (χ4v) is 0.704. The van der Waals surface area contributed by atoms with Crippen LogP contribution in [0.1, 0.15) is 0 Å². The monoisotopic (exact) mass is 146 g/mol. The van der Waals surface area contributed by atoms with Gasteiger partial charge < -0.3 is 0 Å². The zero-order valence-electron chi connectivity index (χ0n) is 4.39. The van der Waals surface area contributed by atoms with Gasteiger partial charge in [0.1, 0.15) is 0 Å². The second-order valence-electron chi connectivity index (χ2n) is 1.11. The third-order valence-electron chi connectivity index (χ3n) is 0.471. The van der Waals surface area contributed by atoms with Gasteiger partial charge in [-0.15, -0.1) is 13.2 Å². The van der Waals surface area contributed by atoms with Gasteiger partial charge in [0.05, 0.1) is 0 Å². The molecule has 0 rings (SSSR count). The molecule has 0 saturated heterocycles. The van der Waals surface area contributed by atoms with Gasteiger partial charge in [0, 0.05) is 11.5 Å². The molecule has 0 fully saturated rings. The van der Waals surface area contributed by atoms with E-state index in [1.807, 2.05) is 23.9 Å². The van der Waals surface area contributed by atoms with Crippen LogP contribution in [-0.4, -0.2) is 22.5 Å². The van der Waals surface area contributed by atoms with Crippen molar-refractivity contribution in [3.63, 3.8) is 0 Å². The molecular weight excluding hydrogens is 132 g/mol. The van der Waals surface area contributed by atoms with Crippen LogP contribution in [-0.2, 0) is 0 Å². The lowest BCUT2D eigenvalue weighted by atomic mass is 10.8. The summed E-state index contributed by atoms with van der Waals surface area (Å²) in [6.07, 6.45) is 3.79. The minimum Gasteiger partial charge on any atom is -0.154 e. The lowest BCUT2D eigenvalue weighted by Gasteiger charge is -1.85. The van der Waals surface area contributed by atoms with E-state index in [1.54, 1.807) is 0 Å². The molecule has 0 aromatic heterocycles. The van der Waals surface area contributed by atoms with E-state index in [9.17, 15) is 0 Å². The summed E-state index contributed by atoms with van der Waals surface area (Å²) < 4.78 is 0. The molecule has 0 aliphatic rings. The summed E-state index contributed by atoms with van der Waals surface area (Å²) in [4.78, 5) is 0. The molecule has 0 spiro atoms. The van der Waals surface area contributed by atoms with E-state index < -0.39 is 0 Å². The van der Waals surface area contributed by atoms with Gasteiger partial charge in [-0.1, -0.05) is 12.2 Å². The first-order valence-corrected chi connectivity index (χ1v) is 3.37. The first-order chi connectivity index (χ1) is 3.41. The average molecular weight is 146 g/mol. The standard InChI is InChI=1S/C6H10S.H4Si/c1-3-5-7-6-4-2;/h3-4H,1-2,5-6H2;1H4. The van der Waals surface area contributed by atoms with Gasteiger partial charge >= 0.3 is 0 Å². The Bertz CT molecular complexity index is 53.5. The van der Waals surface area contributed by atoms with E-state index in [0.29, 0.717) is 0 Å². The molecule has 0 N–H and O–H groups in total. The van der Waals surface area contributed by atoms with E-state index in [0.717, 1.165) is 11.5 Å². The minimum atomic E-state index is 0. The van der Waals surface area contributed by atoms with Crippen molar-refractivity contribution in [2.75, 3.05) is 11.5 Å². The van der Waals surface area contributed by atoms with Gasteiger partial charge in [0.2, 0.25) is 0 Å². The molecule has 0 heterocycles. The van der Waals surface area contributed by atoms with Gasteiger partial charge in [-0.2, -0.15) is 11.8 Å². The second-order valence-corrected chi connectivity index (χ2v) is 2.19. The summed E-state index contributed by atoms with van der Waals surface area (Å²) in [6.45, 7) is 7.15. The van der Waals surface area contributed by atoms with Gasteiger partial charge in [-0.05, 0) is 11.0 Å². The Balaban J connectivity index is 0. The van der Waals surface area contributed by atoms with Crippen molar-refractivity contribution in [1.29, 1.82) is 0 Å². The van der Waals surface area contributed by atoms with Crippen molar-refractivity contribution in [2.24, 2.45) is 0 Å². The molecule has 0 amide bonds. The number of hydrogen-bond acceptors (Lipinski definition) is 1. The van der Waals surface area contributed by atoms with Crippen LogP contribution in [0, 0.1) is 0 Å². The fraction of sp³-hybridized carbons (Fsp3) is 0.333. The molecule has 0 saturated carbocycles. The Kier molecular flexibility index (Phi) is 13.8. The molecule has 0 radical (unpaired) electrons. The van der Waals surface area contributed by atoms with Gasteiger partial charge in [0.15, 0.2) is 0 Å². The largest absolute Gasteiger partial charge is 0.154 e. The predicted molar refractivity (Wildman–Crippen MR) is 49.1 cm³/mol. The smallest absolute Gasteiger partial charge is 0.0113 e. The van der Waals surface area contributed by atoms with E-state index >= 15 is 0 Å². The molecule has 0 unspecified atom stereocenters. The Morgan fingerprint density at radius 3 is 1.75 bits per heavy atom. The number of rotatable bonds is 4. The number of hydrogen-bond donors (Lipinski definition) is 0. The van der Waals surface area contributed by atoms with Crippen LogP contribution in [0.3, 0.4) is 0 Å². The van der Waals surface area contributed by atoms with E-state index in [1.165, 1.54) is 0 Å². The number of thioether (sulfide) groups is 1. The van der Waals surface area contributed by atoms with Crippen molar-refractivity contribution in [3.05, 3.63) is 25.3 Å². The van der Waals surface area contributed by atoms with Gasteiger partial charge in [-0.25, -0.2) is 0 Å². The van der Waals surface area contributed by atoms with Crippen molar-refractivity contribution in [2.45, 2.75) is 0 Å². The average Bonchev–Trinajstić information content (AvgIpc) is 1.69. The molecule has 0 bridgehead atoms. The molecule has 0 aliphatic carbocycles. The van der Waals surface area contributed by atoms with Crippen molar-refractivity contribution in [3.8, 4) is 0 Å². The first-order valence-electron chi connectivity index (χ1n) is 2.21. The molecule has 0 aliphatic heterocycles. The zero-order valence-corrected chi connectivity index (χ0v) is 5.21. The third-order valence-corrected chi connectivity index (χ3v) is 1.41. The van der Waals surface area contributed by atoms with Crippen LogP contribution in [0.5, 0.6) is 0 Å². The fourth-order valence-electron chi connectivity index (χ4n) is 0.235.